The van der Waals surface area contributed by atoms with Crippen LogP contribution >= 0.6 is 0 Å². The van der Waals surface area contributed by atoms with E-state index >= 15 is 0 Å². The van der Waals surface area contributed by atoms with E-state index in [4.69, 9.17) is 9.47 Å². The van der Waals surface area contributed by atoms with Crippen molar-refractivity contribution in [1.29, 1.82) is 0 Å². The number of nitro groups is 1. The number of ether oxygens (including phenoxy) is 2. The number of hydrogen-bond acceptors (Lipinski definition) is 9. The van der Waals surface area contributed by atoms with Crippen LogP contribution in [-0.4, -0.2) is 71.9 Å². The Labute approximate surface area is 256 Å². The van der Waals surface area contributed by atoms with E-state index in [0.717, 1.165) is 29.6 Å². The van der Waals surface area contributed by atoms with Crippen molar-refractivity contribution in [3.8, 4) is 11.5 Å². The molecule has 3 aromatic rings. The number of methoxy groups -OCH3 is 1. The minimum absolute atomic E-state index is 0.0269. The Hall–Kier alpha value is -4.21. The van der Waals surface area contributed by atoms with Crippen molar-refractivity contribution in [1.82, 2.24) is 9.62 Å². The lowest BCUT2D eigenvalue weighted by molar-refractivity contribution is -0.385. The number of sulfonamides is 2. The molecule has 44 heavy (non-hydrogen) atoms. The third kappa shape index (κ3) is 7.65. The first-order chi connectivity index (χ1) is 20.9. The smallest absolute Gasteiger partial charge is 0.273 e. The standard InChI is InChI=1S/C29H34N4O9S2/c1-22-6-13-27(20-28(22)33(35)36)44(39,40)32(23-7-9-24(41-2)10-8-23)21-29(34)30-16-19-42-25-11-14-26(15-12-25)43(37,38)31-17-4-3-5-18-31/h6-15,20H,3-5,16-19,21H2,1-2H3,(H,30,34). The normalized spacial score (nSPS) is 14.0. The SMILES string of the molecule is COc1ccc(N(CC(=O)NCCOc2ccc(S(=O)(=O)N3CCCCC3)cc2)S(=O)(=O)c2ccc(C)c([N+](=O)[O-])c2)cc1. The predicted molar refractivity (Wildman–Crippen MR) is 163 cm³/mol. The van der Waals surface area contributed by atoms with Crippen LogP contribution in [0.3, 0.4) is 0 Å². The number of anilines is 1. The first-order valence-electron chi connectivity index (χ1n) is 13.8. The Morgan fingerprint density at radius 2 is 1.55 bits per heavy atom. The Morgan fingerprint density at radius 1 is 0.932 bits per heavy atom. The number of carbonyl (C=O) groups excluding carboxylic acids is 1. The van der Waals surface area contributed by atoms with Crippen LogP contribution in [0.15, 0.2) is 76.5 Å². The highest BCUT2D eigenvalue weighted by Gasteiger charge is 2.29. The summed E-state index contributed by atoms with van der Waals surface area (Å²) in [5.74, 6) is 0.230. The number of amides is 1. The van der Waals surface area contributed by atoms with E-state index in [9.17, 15) is 31.7 Å². The summed E-state index contributed by atoms with van der Waals surface area (Å²) in [5, 5.41) is 14.1. The lowest BCUT2D eigenvalue weighted by Crippen LogP contribution is -2.42. The second-order valence-electron chi connectivity index (χ2n) is 10.0. The van der Waals surface area contributed by atoms with Gasteiger partial charge in [-0.3, -0.25) is 19.2 Å². The van der Waals surface area contributed by atoms with Crippen LogP contribution in [0.2, 0.25) is 0 Å². The number of benzene rings is 3. The monoisotopic (exact) mass is 646 g/mol. The highest BCUT2D eigenvalue weighted by atomic mass is 32.2. The fourth-order valence-electron chi connectivity index (χ4n) is 4.64. The van der Waals surface area contributed by atoms with Crippen LogP contribution in [0.1, 0.15) is 24.8 Å². The van der Waals surface area contributed by atoms with Gasteiger partial charge in [-0.25, -0.2) is 16.8 Å². The fraction of sp³-hybridized carbons (Fsp3) is 0.345. The van der Waals surface area contributed by atoms with Crippen molar-refractivity contribution >= 4 is 37.3 Å². The van der Waals surface area contributed by atoms with Gasteiger partial charge in [0.05, 0.1) is 34.1 Å². The minimum atomic E-state index is -4.40. The molecule has 0 aliphatic carbocycles. The zero-order valence-electron chi connectivity index (χ0n) is 24.3. The summed E-state index contributed by atoms with van der Waals surface area (Å²) in [6, 6.07) is 15.6. The summed E-state index contributed by atoms with van der Waals surface area (Å²) in [6.45, 7) is 1.95. The van der Waals surface area contributed by atoms with E-state index < -0.39 is 37.4 Å². The number of aryl methyl sites for hydroxylation is 1. The molecule has 1 heterocycles. The number of nitrogens with zero attached hydrogens (tertiary/aromatic N) is 3. The Morgan fingerprint density at radius 3 is 2.16 bits per heavy atom. The van der Waals surface area contributed by atoms with Gasteiger partial charge in [-0.1, -0.05) is 12.5 Å². The van der Waals surface area contributed by atoms with Crippen LogP contribution in [0.4, 0.5) is 11.4 Å². The van der Waals surface area contributed by atoms with Crippen molar-refractivity contribution in [3.05, 3.63) is 82.4 Å². The Bertz CT molecular complexity index is 1690. The molecule has 0 unspecified atom stereocenters. The highest BCUT2D eigenvalue weighted by Crippen LogP contribution is 2.29. The maximum Gasteiger partial charge on any atom is 0.273 e. The number of rotatable bonds is 13. The number of hydrogen-bond donors (Lipinski definition) is 1. The van der Waals surface area contributed by atoms with Crippen molar-refractivity contribution < 1.29 is 36.0 Å². The number of carbonyl (C=O) groups is 1. The molecule has 1 aliphatic heterocycles. The van der Waals surface area contributed by atoms with E-state index in [1.807, 2.05) is 0 Å². The topological polar surface area (TPSA) is 165 Å². The lowest BCUT2D eigenvalue weighted by Gasteiger charge is -2.25. The minimum Gasteiger partial charge on any atom is -0.497 e. The van der Waals surface area contributed by atoms with Gasteiger partial charge in [0.1, 0.15) is 24.7 Å². The zero-order valence-corrected chi connectivity index (χ0v) is 26.0. The molecule has 15 heteroatoms. The van der Waals surface area contributed by atoms with Gasteiger partial charge in [-0.2, -0.15) is 4.31 Å². The van der Waals surface area contributed by atoms with Gasteiger partial charge in [0.25, 0.3) is 15.7 Å². The van der Waals surface area contributed by atoms with Crippen LogP contribution in [0.5, 0.6) is 11.5 Å². The number of nitro benzene ring substituents is 1. The first-order valence-corrected chi connectivity index (χ1v) is 16.7. The van der Waals surface area contributed by atoms with Crippen molar-refractivity contribution in [2.45, 2.75) is 36.0 Å². The molecule has 0 aromatic heterocycles. The zero-order chi connectivity index (χ0) is 31.9. The molecule has 3 aromatic carbocycles. The third-order valence-corrected chi connectivity index (χ3v) is 10.8. The largest absolute Gasteiger partial charge is 0.497 e. The summed E-state index contributed by atoms with van der Waals surface area (Å²) in [4.78, 5) is 23.5. The second-order valence-corrected chi connectivity index (χ2v) is 13.8. The molecule has 0 spiro atoms. The molecule has 4 rings (SSSR count). The van der Waals surface area contributed by atoms with Crippen LogP contribution in [0.25, 0.3) is 0 Å². The maximum atomic E-state index is 13.6. The van der Waals surface area contributed by atoms with Gasteiger partial charge in [-0.15, -0.1) is 0 Å². The van der Waals surface area contributed by atoms with E-state index in [2.05, 4.69) is 5.32 Å². The van der Waals surface area contributed by atoms with Crippen molar-refractivity contribution in [2.75, 3.05) is 44.2 Å². The molecule has 1 fully saturated rings. The first kappa shape index (κ1) is 32.7. The van der Waals surface area contributed by atoms with Gasteiger partial charge in [0.2, 0.25) is 15.9 Å². The van der Waals surface area contributed by atoms with Gasteiger partial charge < -0.3 is 14.8 Å². The van der Waals surface area contributed by atoms with Crippen molar-refractivity contribution in [2.24, 2.45) is 0 Å². The molecular weight excluding hydrogens is 612 g/mol. The maximum absolute atomic E-state index is 13.6. The average molecular weight is 647 g/mol. The molecule has 13 nitrogen and oxygen atoms in total. The molecule has 1 amide bonds. The quantitative estimate of drug-likeness (QED) is 0.166. The van der Waals surface area contributed by atoms with Crippen LogP contribution in [0, 0.1) is 17.0 Å². The summed E-state index contributed by atoms with van der Waals surface area (Å²) < 4.78 is 66.1. The Balaban J connectivity index is 1.41. The van der Waals surface area contributed by atoms with Gasteiger partial charge >= 0.3 is 0 Å². The van der Waals surface area contributed by atoms with E-state index in [1.165, 1.54) is 79.0 Å². The van der Waals surface area contributed by atoms with Crippen LogP contribution in [-0.2, 0) is 24.8 Å². The van der Waals surface area contributed by atoms with E-state index in [-0.39, 0.29) is 34.3 Å². The molecule has 1 saturated heterocycles. The molecule has 1 N–H and O–H groups in total. The summed E-state index contributed by atoms with van der Waals surface area (Å²) >= 11 is 0. The second kappa shape index (κ2) is 14.1. The third-order valence-electron chi connectivity index (χ3n) is 7.08. The van der Waals surface area contributed by atoms with Gasteiger partial charge in [0.15, 0.2) is 0 Å². The average Bonchev–Trinajstić information content (AvgIpc) is 3.02. The summed E-state index contributed by atoms with van der Waals surface area (Å²) in [6.07, 6.45) is 2.69. The highest BCUT2D eigenvalue weighted by molar-refractivity contribution is 7.92. The molecular formula is C29H34N4O9S2. The summed E-state index contributed by atoms with van der Waals surface area (Å²) in [5.41, 5.74) is 0.0838. The molecule has 0 atom stereocenters. The number of piperidine rings is 1. The predicted octanol–water partition coefficient (Wildman–Crippen LogP) is 3.48. The molecule has 1 aliphatic rings. The molecule has 0 saturated carbocycles. The van der Waals surface area contributed by atoms with E-state index in [0.29, 0.717) is 30.2 Å². The van der Waals surface area contributed by atoms with Gasteiger partial charge in [0, 0.05) is 24.7 Å². The van der Waals surface area contributed by atoms with E-state index in [1.54, 1.807) is 0 Å². The van der Waals surface area contributed by atoms with Gasteiger partial charge in [-0.05, 0) is 74.4 Å². The van der Waals surface area contributed by atoms with Crippen LogP contribution < -0.4 is 19.1 Å². The molecule has 236 valence electrons. The lowest BCUT2D eigenvalue weighted by atomic mass is 10.2. The van der Waals surface area contributed by atoms with Crippen molar-refractivity contribution in [3.63, 3.8) is 0 Å². The summed E-state index contributed by atoms with van der Waals surface area (Å²) in [7, 11) is -6.51. The molecule has 0 bridgehead atoms. The Kier molecular flexibility index (Phi) is 10.4. The number of nitrogens with one attached hydrogen (secondary N) is 1. The fourth-order valence-corrected chi connectivity index (χ4v) is 7.60. The molecule has 0 radical (unpaired) electrons.